The molecule has 0 aliphatic carbocycles. The van der Waals surface area contributed by atoms with Gasteiger partial charge in [0.2, 0.25) is 11.8 Å². The highest BCUT2D eigenvalue weighted by molar-refractivity contribution is 5.92. The van der Waals surface area contributed by atoms with Crippen LogP contribution in [0.15, 0.2) is 84.9 Å². The van der Waals surface area contributed by atoms with Crippen LogP contribution in [0.4, 0.5) is 5.69 Å². The number of nitrogens with zero attached hydrogens (tertiary/aromatic N) is 2. The summed E-state index contributed by atoms with van der Waals surface area (Å²) in [5.41, 5.74) is 2.64. The molecule has 182 valence electrons. The van der Waals surface area contributed by atoms with Gasteiger partial charge < -0.3 is 25.0 Å². The fourth-order valence-corrected chi connectivity index (χ4v) is 4.51. The van der Waals surface area contributed by atoms with Gasteiger partial charge in [0.1, 0.15) is 11.8 Å². The van der Waals surface area contributed by atoms with Crippen LogP contribution in [0.1, 0.15) is 17.0 Å². The Morgan fingerprint density at radius 3 is 1.94 bits per heavy atom. The number of rotatable bonds is 8. The van der Waals surface area contributed by atoms with Gasteiger partial charge in [-0.05, 0) is 23.3 Å². The third-order valence-electron chi connectivity index (χ3n) is 6.34. The summed E-state index contributed by atoms with van der Waals surface area (Å²) in [7, 11) is 1.64. The lowest BCUT2D eigenvalue weighted by Crippen LogP contribution is -2.56. The molecule has 7 nitrogen and oxygen atoms in total. The third kappa shape index (κ3) is 5.63. The maximum Gasteiger partial charge on any atom is 0.247 e. The average molecular weight is 474 g/mol. The first kappa shape index (κ1) is 24.3. The minimum Gasteiger partial charge on any atom is -0.495 e. The van der Waals surface area contributed by atoms with Crippen molar-refractivity contribution in [1.82, 2.24) is 10.2 Å². The number of carbonyl (C=O) groups excluding carboxylic acids is 2. The molecule has 0 saturated carbocycles. The van der Waals surface area contributed by atoms with Crippen LogP contribution in [0.25, 0.3) is 0 Å². The van der Waals surface area contributed by atoms with Gasteiger partial charge >= 0.3 is 0 Å². The number of para-hydroxylation sites is 2. The molecule has 1 aliphatic rings. The predicted octanol–water partition coefficient (Wildman–Crippen LogP) is 2.65. The van der Waals surface area contributed by atoms with Crippen molar-refractivity contribution in [3.8, 4) is 5.75 Å². The number of ether oxygens (including phenoxy) is 1. The van der Waals surface area contributed by atoms with E-state index in [9.17, 15) is 14.7 Å². The zero-order chi connectivity index (χ0) is 24.6. The van der Waals surface area contributed by atoms with E-state index in [0.717, 1.165) is 22.6 Å². The molecule has 0 spiro atoms. The Morgan fingerprint density at radius 1 is 0.857 bits per heavy atom. The normalized spacial score (nSPS) is 14.5. The molecule has 1 aliphatic heterocycles. The smallest absolute Gasteiger partial charge is 0.247 e. The number of anilines is 1. The molecular formula is C28H31N3O4. The summed E-state index contributed by atoms with van der Waals surface area (Å²) >= 11 is 0. The first-order chi connectivity index (χ1) is 17.1. The molecule has 2 N–H and O–H groups in total. The Kier molecular flexibility index (Phi) is 8.00. The minimum atomic E-state index is -1.00. The van der Waals surface area contributed by atoms with E-state index in [1.54, 1.807) is 12.0 Å². The number of aliphatic hydroxyl groups excluding tert-OH is 1. The van der Waals surface area contributed by atoms with E-state index in [1.165, 1.54) is 0 Å². The first-order valence-electron chi connectivity index (χ1n) is 11.8. The van der Waals surface area contributed by atoms with Gasteiger partial charge in [0.25, 0.3) is 0 Å². The predicted molar refractivity (Wildman–Crippen MR) is 136 cm³/mol. The number of nitrogens with one attached hydrogen (secondary N) is 1. The zero-order valence-corrected chi connectivity index (χ0v) is 19.8. The largest absolute Gasteiger partial charge is 0.495 e. The highest BCUT2D eigenvalue weighted by Crippen LogP contribution is 2.28. The lowest BCUT2D eigenvalue weighted by atomic mass is 9.90. The van der Waals surface area contributed by atoms with Crippen LogP contribution in [0.3, 0.4) is 0 Å². The number of amides is 2. The van der Waals surface area contributed by atoms with Gasteiger partial charge in [-0.2, -0.15) is 0 Å². The summed E-state index contributed by atoms with van der Waals surface area (Å²) in [5, 5.41) is 12.8. The molecule has 1 heterocycles. The molecule has 0 radical (unpaired) electrons. The van der Waals surface area contributed by atoms with Gasteiger partial charge in [-0.3, -0.25) is 9.59 Å². The second kappa shape index (κ2) is 11.5. The van der Waals surface area contributed by atoms with Crippen molar-refractivity contribution in [3.63, 3.8) is 0 Å². The minimum absolute atomic E-state index is 0.277. The van der Waals surface area contributed by atoms with E-state index >= 15 is 0 Å². The molecule has 0 bridgehead atoms. The van der Waals surface area contributed by atoms with Crippen molar-refractivity contribution in [2.75, 3.05) is 44.8 Å². The highest BCUT2D eigenvalue weighted by Gasteiger charge is 2.31. The van der Waals surface area contributed by atoms with Gasteiger partial charge in [0.15, 0.2) is 0 Å². The Labute approximate surface area is 205 Å². The molecule has 1 fully saturated rings. The van der Waals surface area contributed by atoms with Crippen LogP contribution < -0.4 is 15.0 Å². The van der Waals surface area contributed by atoms with Crippen molar-refractivity contribution in [2.24, 2.45) is 0 Å². The lowest BCUT2D eigenvalue weighted by Gasteiger charge is -2.38. The molecule has 1 atom stereocenters. The van der Waals surface area contributed by atoms with Crippen LogP contribution in [0.2, 0.25) is 0 Å². The Hall–Kier alpha value is -3.84. The maximum absolute atomic E-state index is 13.4. The molecule has 1 unspecified atom stereocenters. The van der Waals surface area contributed by atoms with Crippen molar-refractivity contribution >= 4 is 17.5 Å². The summed E-state index contributed by atoms with van der Waals surface area (Å²) in [6.45, 7) is 1.78. The van der Waals surface area contributed by atoms with Crippen molar-refractivity contribution in [1.29, 1.82) is 0 Å². The summed E-state index contributed by atoms with van der Waals surface area (Å²) in [6, 6.07) is 25.7. The lowest BCUT2D eigenvalue weighted by molar-refractivity contribution is -0.138. The van der Waals surface area contributed by atoms with E-state index in [2.05, 4.69) is 10.2 Å². The third-order valence-corrected chi connectivity index (χ3v) is 6.34. The SMILES string of the molecule is COc1ccccc1N1CCN(C(=O)C(CO)NC(=O)C(c2ccccc2)c2ccccc2)CC1. The van der Waals surface area contributed by atoms with Crippen molar-refractivity contribution in [3.05, 3.63) is 96.1 Å². The van der Waals surface area contributed by atoms with Crippen molar-refractivity contribution < 1.29 is 19.4 Å². The first-order valence-corrected chi connectivity index (χ1v) is 11.8. The molecule has 3 aromatic carbocycles. The van der Waals surface area contributed by atoms with E-state index in [4.69, 9.17) is 4.74 Å². The molecule has 0 aromatic heterocycles. The Bertz CT molecular complexity index is 1080. The number of methoxy groups -OCH3 is 1. The topological polar surface area (TPSA) is 82.1 Å². The Balaban J connectivity index is 1.44. The van der Waals surface area contributed by atoms with Gasteiger partial charge in [0, 0.05) is 26.2 Å². The van der Waals surface area contributed by atoms with Crippen LogP contribution in [-0.4, -0.2) is 67.8 Å². The molecular weight excluding hydrogens is 442 g/mol. The standard InChI is InChI=1S/C28H31N3O4/c1-35-25-15-9-8-14-24(25)30-16-18-31(19-17-30)28(34)23(20-32)29-27(33)26(21-10-4-2-5-11-21)22-12-6-3-7-13-22/h2-15,23,26,32H,16-20H2,1H3,(H,29,33). The number of piperazine rings is 1. The van der Waals surface area contributed by atoms with Gasteiger partial charge in [-0.1, -0.05) is 72.8 Å². The second-order valence-corrected chi connectivity index (χ2v) is 8.48. The maximum atomic E-state index is 13.4. The van der Waals surface area contributed by atoms with Crippen LogP contribution in [0, 0.1) is 0 Å². The number of aliphatic hydroxyl groups is 1. The summed E-state index contributed by atoms with van der Waals surface area (Å²) in [5.74, 6) is -0.384. The summed E-state index contributed by atoms with van der Waals surface area (Å²) in [6.07, 6.45) is 0. The van der Waals surface area contributed by atoms with Crippen LogP contribution in [-0.2, 0) is 9.59 Å². The fraction of sp³-hybridized carbons (Fsp3) is 0.286. The van der Waals surface area contributed by atoms with Crippen LogP contribution >= 0.6 is 0 Å². The van der Waals surface area contributed by atoms with E-state index < -0.39 is 18.6 Å². The number of hydrogen-bond acceptors (Lipinski definition) is 5. The highest BCUT2D eigenvalue weighted by atomic mass is 16.5. The van der Waals surface area contributed by atoms with Crippen molar-refractivity contribution in [2.45, 2.75) is 12.0 Å². The molecule has 1 saturated heterocycles. The molecule has 35 heavy (non-hydrogen) atoms. The van der Waals surface area contributed by atoms with E-state index in [1.807, 2.05) is 84.9 Å². The quantitative estimate of drug-likeness (QED) is 0.526. The molecule has 2 amide bonds. The van der Waals surface area contributed by atoms with Gasteiger partial charge in [-0.15, -0.1) is 0 Å². The van der Waals surface area contributed by atoms with Gasteiger partial charge in [0.05, 0.1) is 25.3 Å². The zero-order valence-electron chi connectivity index (χ0n) is 19.8. The van der Waals surface area contributed by atoms with Gasteiger partial charge in [-0.25, -0.2) is 0 Å². The molecule has 4 rings (SSSR count). The average Bonchev–Trinajstić information content (AvgIpc) is 2.92. The second-order valence-electron chi connectivity index (χ2n) is 8.48. The van der Waals surface area contributed by atoms with E-state index in [-0.39, 0.29) is 11.8 Å². The van der Waals surface area contributed by atoms with E-state index in [0.29, 0.717) is 26.2 Å². The fourth-order valence-electron chi connectivity index (χ4n) is 4.51. The number of hydrogen-bond donors (Lipinski definition) is 2. The monoisotopic (exact) mass is 473 g/mol. The number of benzene rings is 3. The molecule has 3 aromatic rings. The summed E-state index contributed by atoms with van der Waals surface area (Å²) < 4.78 is 5.46. The number of carbonyl (C=O) groups is 2. The summed E-state index contributed by atoms with van der Waals surface area (Å²) in [4.78, 5) is 30.5. The Morgan fingerprint density at radius 2 is 1.40 bits per heavy atom. The molecule has 7 heteroatoms. The van der Waals surface area contributed by atoms with Crippen LogP contribution in [0.5, 0.6) is 5.75 Å².